The SMILES string of the molecule is C/C=C(\C=P)C(C)C.Cc1ccc(C(F)(F)F)cc1. The molecular formula is C15H20F3P. The number of hydrogen-bond donors (Lipinski definition) is 0. The predicted molar refractivity (Wildman–Crippen MR) is 79.2 cm³/mol. The summed E-state index contributed by atoms with van der Waals surface area (Å²) in [5.41, 5.74) is 1.59. The number of aryl methyl sites for hydroxylation is 1. The van der Waals surface area contributed by atoms with Crippen LogP contribution in [0.1, 0.15) is 31.9 Å². The standard InChI is InChI=1S/C8H7F3.C7H13P/c1-6-2-4-7(5-3-6)8(9,10)11;1-4-7(5-8)6(2)3/h2-5H,1H3;4-6,8H,1-3H3/b;7-4+. The lowest BCUT2D eigenvalue weighted by atomic mass is 10.1. The number of benzene rings is 1. The maximum Gasteiger partial charge on any atom is 0.416 e. The molecule has 106 valence electrons. The third kappa shape index (κ3) is 7.17. The van der Waals surface area contributed by atoms with Gasteiger partial charge in [0.05, 0.1) is 5.56 Å². The molecule has 0 aliphatic carbocycles. The Labute approximate surface area is 115 Å². The van der Waals surface area contributed by atoms with Gasteiger partial charge in [0, 0.05) is 0 Å². The zero-order chi connectivity index (χ0) is 15.1. The van der Waals surface area contributed by atoms with Crippen molar-refractivity contribution in [1.29, 1.82) is 0 Å². The van der Waals surface area contributed by atoms with Crippen molar-refractivity contribution in [3.63, 3.8) is 0 Å². The zero-order valence-corrected chi connectivity index (χ0v) is 12.7. The van der Waals surface area contributed by atoms with Crippen molar-refractivity contribution in [1.82, 2.24) is 0 Å². The maximum absolute atomic E-state index is 11.9. The van der Waals surface area contributed by atoms with E-state index < -0.39 is 11.7 Å². The van der Waals surface area contributed by atoms with Gasteiger partial charge in [-0.2, -0.15) is 13.2 Å². The fraction of sp³-hybridized carbons (Fsp3) is 0.400. The van der Waals surface area contributed by atoms with Crippen molar-refractivity contribution in [2.75, 3.05) is 0 Å². The average Bonchev–Trinajstić information content (AvgIpc) is 2.30. The van der Waals surface area contributed by atoms with E-state index in [4.69, 9.17) is 0 Å². The molecule has 1 aromatic rings. The first-order chi connectivity index (χ1) is 8.72. The fourth-order valence-corrected chi connectivity index (χ4v) is 1.83. The Morgan fingerprint density at radius 1 is 1.16 bits per heavy atom. The van der Waals surface area contributed by atoms with Crippen LogP contribution in [0, 0.1) is 12.8 Å². The summed E-state index contributed by atoms with van der Waals surface area (Å²) in [6.07, 6.45) is -2.11. The van der Waals surface area contributed by atoms with Crippen molar-refractivity contribution < 1.29 is 13.2 Å². The summed E-state index contributed by atoms with van der Waals surface area (Å²) in [5, 5.41) is 0. The van der Waals surface area contributed by atoms with Crippen molar-refractivity contribution in [3.8, 4) is 0 Å². The number of alkyl halides is 3. The Balaban J connectivity index is 0.000000362. The second-order valence-electron chi connectivity index (χ2n) is 4.45. The quantitative estimate of drug-likeness (QED) is 0.626. The highest BCUT2D eigenvalue weighted by Crippen LogP contribution is 2.28. The predicted octanol–water partition coefficient (Wildman–Crippen LogP) is 5.55. The monoisotopic (exact) mass is 288 g/mol. The Morgan fingerprint density at radius 3 is 1.84 bits per heavy atom. The highest BCUT2D eigenvalue weighted by molar-refractivity contribution is 7.19. The first-order valence-corrected chi connectivity index (χ1v) is 6.60. The van der Waals surface area contributed by atoms with Crippen molar-refractivity contribution in [3.05, 3.63) is 47.0 Å². The molecule has 0 aliphatic rings. The van der Waals surface area contributed by atoms with Crippen LogP contribution < -0.4 is 0 Å². The van der Waals surface area contributed by atoms with E-state index in [1.165, 1.54) is 17.7 Å². The van der Waals surface area contributed by atoms with E-state index in [0.29, 0.717) is 5.92 Å². The number of allylic oxidation sites excluding steroid dienone is 2. The molecule has 0 radical (unpaired) electrons. The van der Waals surface area contributed by atoms with Gasteiger partial charge in [-0.3, -0.25) is 0 Å². The molecule has 0 heterocycles. The molecule has 1 aromatic carbocycles. The minimum absolute atomic E-state index is 0.594. The molecule has 0 spiro atoms. The van der Waals surface area contributed by atoms with E-state index in [1.807, 2.05) is 12.7 Å². The summed E-state index contributed by atoms with van der Waals surface area (Å²) in [6, 6.07) is 5.05. The second kappa shape index (κ2) is 8.16. The molecule has 0 aliphatic heterocycles. The Kier molecular flexibility index (Phi) is 7.70. The van der Waals surface area contributed by atoms with E-state index >= 15 is 0 Å². The number of hydrogen-bond acceptors (Lipinski definition) is 0. The van der Waals surface area contributed by atoms with Crippen molar-refractivity contribution in [2.45, 2.75) is 33.9 Å². The molecule has 0 nitrogen and oxygen atoms in total. The molecule has 0 bridgehead atoms. The molecule has 0 fully saturated rings. The summed E-state index contributed by atoms with van der Waals surface area (Å²) in [7, 11) is 3.33. The molecule has 1 rings (SSSR count). The van der Waals surface area contributed by atoms with Gasteiger partial charge in [-0.05, 0) is 43.3 Å². The summed E-state index contributed by atoms with van der Waals surface area (Å²) in [6.45, 7) is 8.14. The molecule has 0 amide bonds. The highest BCUT2D eigenvalue weighted by atomic mass is 31.0. The van der Waals surface area contributed by atoms with Gasteiger partial charge >= 0.3 is 6.18 Å². The fourth-order valence-electron chi connectivity index (χ4n) is 1.33. The van der Waals surface area contributed by atoms with Gasteiger partial charge in [0.2, 0.25) is 0 Å². The van der Waals surface area contributed by atoms with Crippen LogP contribution in [-0.4, -0.2) is 5.80 Å². The normalized spacial score (nSPS) is 11.9. The van der Waals surface area contributed by atoms with Gasteiger partial charge in [0.25, 0.3) is 0 Å². The van der Waals surface area contributed by atoms with E-state index in [1.54, 1.807) is 6.92 Å². The van der Waals surface area contributed by atoms with Gasteiger partial charge < -0.3 is 0 Å². The minimum Gasteiger partial charge on any atom is -0.166 e. The molecule has 4 heteroatoms. The van der Waals surface area contributed by atoms with Crippen LogP contribution >= 0.6 is 8.86 Å². The third-order valence-electron chi connectivity index (χ3n) is 2.55. The van der Waals surface area contributed by atoms with E-state index in [-0.39, 0.29) is 0 Å². The topological polar surface area (TPSA) is 0 Å². The Morgan fingerprint density at radius 2 is 1.63 bits per heavy atom. The van der Waals surface area contributed by atoms with Crippen molar-refractivity contribution >= 4 is 14.7 Å². The van der Waals surface area contributed by atoms with Gasteiger partial charge in [0.1, 0.15) is 0 Å². The summed E-state index contributed by atoms with van der Waals surface area (Å²) in [5.74, 6) is 2.60. The van der Waals surface area contributed by atoms with Gasteiger partial charge in [-0.25, -0.2) is 0 Å². The minimum atomic E-state index is -4.21. The smallest absolute Gasteiger partial charge is 0.166 e. The molecule has 0 unspecified atom stereocenters. The molecular weight excluding hydrogens is 268 g/mol. The first kappa shape index (κ1) is 17.9. The largest absolute Gasteiger partial charge is 0.416 e. The maximum atomic E-state index is 11.9. The molecule has 0 atom stereocenters. The lowest BCUT2D eigenvalue weighted by Crippen LogP contribution is -2.03. The molecule has 0 saturated carbocycles. The van der Waals surface area contributed by atoms with E-state index in [9.17, 15) is 13.2 Å². The molecule has 0 saturated heterocycles. The van der Waals surface area contributed by atoms with Crippen LogP contribution in [0.2, 0.25) is 0 Å². The van der Waals surface area contributed by atoms with Crippen LogP contribution in [0.3, 0.4) is 0 Å². The Hall–Kier alpha value is -1.08. The average molecular weight is 288 g/mol. The number of halogens is 3. The summed E-state index contributed by atoms with van der Waals surface area (Å²) >= 11 is 0. The van der Waals surface area contributed by atoms with Gasteiger partial charge in [-0.1, -0.05) is 37.6 Å². The van der Waals surface area contributed by atoms with Crippen LogP contribution in [0.15, 0.2) is 35.9 Å². The molecule has 0 N–H and O–H groups in total. The van der Waals surface area contributed by atoms with Gasteiger partial charge in [0.15, 0.2) is 0 Å². The third-order valence-corrected chi connectivity index (χ3v) is 2.88. The van der Waals surface area contributed by atoms with Crippen LogP contribution in [0.25, 0.3) is 0 Å². The van der Waals surface area contributed by atoms with Crippen LogP contribution in [0.5, 0.6) is 0 Å². The second-order valence-corrected chi connectivity index (χ2v) is 4.74. The highest BCUT2D eigenvalue weighted by Gasteiger charge is 2.29. The molecule has 0 aromatic heterocycles. The van der Waals surface area contributed by atoms with E-state index in [0.717, 1.165) is 17.7 Å². The van der Waals surface area contributed by atoms with Gasteiger partial charge in [-0.15, -0.1) is 8.86 Å². The van der Waals surface area contributed by atoms with Crippen LogP contribution in [-0.2, 0) is 6.18 Å². The zero-order valence-electron chi connectivity index (χ0n) is 11.7. The molecule has 19 heavy (non-hydrogen) atoms. The van der Waals surface area contributed by atoms with Crippen molar-refractivity contribution in [2.24, 2.45) is 5.92 Å². The summed E-state index contributed by atoms with van der Waals surface area (Å²) < 4.78 is 35.8. The van der Waals surface area contributed by atoms with Crippen LogP contribution in [0.4, 0.5) is 13.2 Å². The summed E-state index contributed by atoms with van der Waals surface area (Å²) in [4.78, 5) is 0. The first-order valence-electron chi connectivity index (χ1n) is 6.03. The lowest BCUT2D eigenvalue weighted by molar-refractivity contribution is -0.137. The van der Waals surface area contributed by atoms with E-state index in [2.05, 4.69) is 28.8 Å². The lowest BCUT2D eigenvalue weighted by Gasteiger charge is -2.05. The number of rotatable bonds is 2. The Bertz CT molecular complexity index is 414.